The molecule has 4 nitrogen and oxygen atoms in total. The monoisotopic (exact) mass is 250 g/mol. The normalized spacial score (nSPS) is 10.2. The molecule has 0 aliphatic carbocycles. The number of carbonyl (C=O) groups is 1. The van der Waals surface area contributed by atoms with Gasteiger partial charge in [0, 0.05) is 32.6 Å². The third kappa shape index (κ3) is 4.75. The first-order valence-electron chi connectivity index (χ1n) is 6.20. The minimum atomic E-state index is 0.141. The van der Waals surface area contributed by atoms with Crippen LogP contribution in [0.3, 0.4) is 0 Å². The zero-order valence-electron chi connectivity index (χ0n) is 11.4. The van der Waals surface area contributed by atoms with E-state index >= 15 is 0 Å². The number of ether oxygens (including phenoxy) is 1. The lowest BCUT2D eigenvalue weighted by Crippen LogP contribution is -2.21. The molecule has 0 radical (unpaired) electrons. The molecule has 4 heteroatoms. The van der Waals surface area contributed by atoms with Gasteiger partial charge in [-0.15, -0.1) is 0 Å². The van der Waals surface area contributed by atoms with Crippen LogP contribution in [0.15, 0.2) is 24.3 Å². The number of para-hydroxylation sites is 1. The maximum Gasteiger partial charge on any atom is 0.222 e. The first-order chi connectivity index (χ1) is 8.65. The van der Waals surface area contributed by atoms with Gasteiger partial charge in [0.15, 0.2) is 0 Å². The predicted octanol–water partition coefficient (Wildman–Crippen LogP) is 1.65. The van der Waals surface area contributed by atoms with E-state index in [0.29, 0.717) is 13.0 Å². The summed E-state index contributed by atoms with van der Waals surface area (Å²) in [6.07, 6.45) is 1.27. The summed E-state index contributed by atoms with van der Waals surface area (Å²) in [5.41, 5.74) is 1.14. The van der Waals surface area contributed by atoms with E-state index in [-0.39, 0.29) is 5.91 Å². The molecule has 1 rings (SSSR count). The third-order valence-corrected chi connectivity index (χ3v) is 2.63. The summed E-state index contributed by atoms with van der Waals surface area (Å²) in [5.74, 6) is 1.03. The van der Waals surface area contributed by atoms with Crippen LogP contribution in [0.4, 0.5) is 0 Å². The van der Waals surface area contributed by atoms with Crippen molar-refractivity contribution in [1.82, 2.24) is 10.2 Å². The van der Waals surface area contributed by atoms with Crippen molar-refractivity contribution in [2.75, 3.05) is 27.7 Å². The molecule has 18 heavy (non-hydrogen) atoms. The summed E-state index contributed by atoms with van der Waals surface area (Å²) in [6.45, 7) is 1.35. The molecule has 1 N–H and O–H groups in total. The molecule has 0 aliphatic heterocycles. The highest BCUT2D eigenvalue weighted by Crippen LogP contribution is 2.17. The number of nitrogens with zero attached hydrogens (tertiary/aromatic N) is 1. The highest BCUT2D eigenvalue weighted by atomic mass is 16.5. The van der Waals surface area contributed by atoms with E-state index in [9.17, 15) is 4.79 Å². The molecule has 0 aromatic heterocycles. The van der Waals surface area contributed by atoms with Crippen LogP contribution in [0, 0.1) is 0 Å². The van der Waals surface area contributed by atoms with Crippen LogP contribution in [0.1, 0.15) is 18.4 Å². The highest BCUT2D eigenvalue weighted by molar-refractivity contribution is 5.75. The van der Waals surface area contributed by atoms with Gasteiger partial charge in [0.05, 0.1) is 6.61 Å². The summed E-state index contributed by atoms with van der Waals surface area (Å²) in [4.78, 5) is 13.0. The zero-order chi connectivity index (χ0) is 13.4. The number of rotatable bonds is 7. The largest absolute Gasteiger partial charge is 0.493 e. The molecule has 0 bridgehead atoms. The molecule has 1 aromatic rings. The van der Waals surface area contributed by atoms with Gasteiger partial charge in [0.1, 0.15) is 5.75 Å². The van der Waals surface area contributed by atoms with Gasteiger partial charge in [-0.25, -0.2) is 0 Å². The van der Waals surface area contributed by atoms with Gasteiger partial charge < -0.3 is 15.0 Å². The van der Waals surface area contributed by atoms with Crippen molar-refractivity contribution in [3.8, 4) is 5.75 Å². The predicted molar refractivity (Wildman–Crippen MR) is 72.6 cm³/mol. The lowest BCUT2D eigenvalue weighted by molar-refractivity contribution is -0.128. The fraction of sp³-hybridized carbons (Fsp3) is 0.500. The van der Waals surface area contributed by atoms with E-state index in [2.05, 4.69) is 5.32 Å². The molecular weight excluding hydrogens is 228 g/mol. The molecule has 0 atom stereocenters. The van der Waals surface area contributed by atoms with Gasteiger partial charge in [-0.2, -0.15) is 0 Å². The maximum absolute atomic E-state index is 11.4. The Morgan fingerprint density at radius 2 is 2.06 bits per heavy atom. The van der Waals surface area contributed by atoms with E-state index in [4.69, 9.17) is 4.74 Å². The van der Waals surface area contributed by atoms with E-state index < -0.39 is 0 Å². The van der Waals surface area contributed by atoms with E-state index in [1.165, 1.54) is 0 Å². The van der Waals surface area contributed by atoms with Crippen molar-refractivity contribution in [1.29, 1.82) is 0 Å². The summed E-state index contributed by atoms with van der Waals surface area (Å²) >= 11 is 0. The maximum atomic E-state index is 11.4. The lowest BCUT2D eigenvalue weighted by Gasteiger charge is -2.12. The summed E-state index contributed by atoms with van der Waals surface area (Å²) in [6, 6.07) is 7.95. The Morgan fingerprint density at radius 1 is 1.33 bits per heavy atom. The minimum absolute atomic E-state index is 0.141. The van der Waals surface area contributed by atoms with Crippen LogP contribution in [0.5, 0.6) is 5.75 Å². The smallest absolute Gasteiger partial charge is 0.222 e. The molecule has 0 fully saturated rings. The molecule has 1 amide bonds. The van der Waals surface area contributed by atoms with Gasteiger partial charge in [-0.1, -0.05) is 18.2 Å². The summed E-state index contributed by atoms with van der Waals surface area (Å²) in [7, 11) is 5.45. The Balaban J connectivity index is 2.37. The number of hydrogen-bond acceptors (Lipinski definition) is 3. The lowest BCUT2D eigenvalue weighted by atomic mass is 10.2. The molecule has 1 aromatic carbocycles. The van der Waals surface area contributed by atoms with Gasteiger partial charge >= 0.3 is 0 Å². The van der Waals surface area contributed by atoms with Crippen LogP contribution in [0.2, 0.25) is 0 Å². The second kappa shape index (κ2) is 7.71. The topological polar surface area (TPSA) is 41.6 Å². The molecule has 100 valence electrons. The Morgan fingerprint density at radius 3 is 2.72 bits per heavy atom. The van der Waals surface area contributed by atoms with Crippen LogP contribution in [0.25, 0.3) is 0 Å². The Kier molecular flexibility index (Phi) is 6.22. The second-order valence-corrected chi connectivity index (χ2v) is 4.38. The Hall–Kier alpha value is -1.55. The molecular formula is C14H22N2O2. The first-order valence-corrected chi connectivity index (χ1v) is 6.20. The van der Waals surface area contributed by atoms with Gasteiger partial charge in [0.25, 0.3) is 0 Å². The quantitative estimate of drug-likeness (QED) is 0.748. The van der Waals surface area contributed by atoms with Crippen LogP contribution < -0.4 is 10.1 Å². The standard InChI is InChI=1S/C14H22N2O2/c1-15-11-12-7-4-5-8-13(12)18-10-6-9-14(17)16(2)3/h4-5,7-8,15H,6,9-11H2,1-3H3. The van der Waals surface area contributed by atoms with Crippen molar-refractivity contribution >= 4 is 5.91 Å². The molecule has 0 spiro atoms. The third-order valence-electron chi connectivity index (χ3n) is 2.63. The van der Waals surface area contributed by atoms with Crippen LogP contribution in [-0.2, 0) is 11.3 Å². The molecule has 0 saturated heterocycles. The molecule has 0 unspecified atom stereocenters. The second-order valence-electron chi connectivity index (χ2n) is 4.38. The zero-order valence-corrected chi connectivity index (χ0v) is 11.4. The van der Waals surface area contributed by atoms with Crippen molar-refractivity contribution < 1.29 is 9.53 Å². The fourth-order valence-electron chi connectivity index (χ4n) is 1.61. The van der Waals surface area contributed by atoms with Gasteiger partial charge in [-0.3, -0.25) is 4.79 Å². The van der Waals surface area contributed by atoms with Gasteiger partial charge in [0.2, 0.25) is 5.91 Å². The van der Waals surface area contributed by atoms with Gasteiger partial charge in [-0.05, 0) is 19.5 Å². The number of amides is 1. The minimum Gasteiger partial charge on any atom is -0.493 e. The van der Waals surface area contributed by atoms with E-state index in [1.54, 1.807) is 19.0 Å². The average molecular weight is 250 g/mol. The molecule has 0 aliphatic rings. The van der Waals surface area contributed by atoms with Crippen molar-refractivity contribution in [3.63, 3.8) is 0 Å². The SMILES string of the molecule is CNCc1ccccc1OCCCC(=O)N(C)C. The van der Waals surface area contributed by atoms with Crippen LogP contribution >= 0.6 is 0 Å². The Bertz CT molecular complexity index is 378. The van der Waals surface area contributed by atoms with Crippen LogP contribution in [-0.4, -0.2) is 38.6 Å². The van der Waals surface area contributed by atoms with Crippen molar-refractivity contribution in [2.45, 2.75) is 19.4 Å². The fourth-order valence-corrected chi connectivity index (χ4v) is 1.61. The number of nitrogens with one attached hydrogen (secondary N) is 1. The summed E-state index contributed by atoms with van der Waals surface area (Å²) < 4.78 is 5.71. The highest BCUT2D eigenvalue weighted by Gasteiger charge is 2.05. The van der Waals surface area contributed by atoms with Crippen molar-refractivity contribution in [3.05, 3.63) is 29.8 Å². The van der Waals surface area contributed by atoms with E-state index in [0.717, 1.165) is 24.3 Å². The Labute approximate surface area is 109 Å². The van der Waals surface area contributed by atoms with E-state index in [1.807, 2.05) is 31.3 Å². The molecule has 0 saturated carbocycles. The average Bonchev–Trinajstić information content (AvgIpc) is 2.36. The van der Waals surface area contributed by atoms with Crippen molar-refractivity contribution in [2.24, 2.45) is 0 Å². The number of carbonyl (C=O) groups excluding carboxylic acids is 1. The number of benzene rings is 1. The summed E-state index contributed by atoms with van der Waals surface area (Å²) in [5, 5.41) is 3.11. The molecule has 0 heterocycles. The number of hydrogen-bond donors (Lipinski definition) is 1. The first kappa shape index (κ1) is 14.5.